The monoisotopic (exact) mass is 171 g/mol. The van der Waals surface area contributed by atoms with E-state index in [1.807, 2.05) is 28.1 Å². The van der Waals surface area contributed by atoms with Crippen molar-refractivity contribution in [1.82, 2.24) is 16.0 Å². The standard InChI is InChI=1S/C9H21N3/c1-6-8(10-3)7-9(2,11-4)12-5/h6,10-12H,7H2,1-5H3/b8-6-. The van der Waals surface area contributed by atoms with Gasteiger partial charge in [-0.25, -0.2) is 0 Å². The van der Waals surface area contributed by atoms with Crippen LogP contribution in [0.25, 0.3) is 0 Å². The Balaban J connectivity index is 4.19. The molecule has 0 aromatic rings. The minimum absolute atomic E-state index is 0.0230. The third kappa shape index (κ3) is 3.24. The molecule has 0 spiro atoms. The van der Waals surface area contributed by atoms with E-state index in [0.29, 0.717) is 0 Å². The lowest BCUT2D eigenvalue weighted by molar-refractivity contribution is 0.320. The lowest BCUT2D eigenvalue weighted by atomic mass is 10.1. The summed E-state index contributed by atoms with van der Waals surface area (Å²) in [7, 11) is 5.86. The molecule has 0 aromatic carbocycles. The van der Waals surface area contributed by atoms with E-state index >= 15 is 0 Å². The normalized spacial score (nSPS) is 13.2. The molecule has 0 heterocycles. The SMILES string of the molecule is C/C=C(/CC(C)(NC)NC)NC. The van der Waals surface area contributed by atoms with Gasteiger partial charge in [-0.1, -0.05) is 6.08 Å². The molecule has 0 aliphatic heterocycles. The van der Waals surface area contributed by atoms with Crippen molar-refractivity contribution in [1.29, 1.82) is 0 Å². The summed E-state index contributed by atoms with van der Waals surface area (Å²) in [6.07, 6.45) is 3.04. The second-order valence-electron chi connectivity index (χ2n) is 3.07. The Hall–Kier alpha value is -0.540. The second-order valence-corrected chi connectivity index (χ2v) is 3.07. The van der Waals surface area contributed by atoms with Crippen LogP contribution in [0, 0.1) is 0 Å². The van der Waals surface area contributed by atoms with Gasteiger partial charge in [0.25, 0.3) is 0 Å². The van der Waals surface area contributed by atoms with Gasteiger partial charge in [-0.05, 0) is 27.9 Å². The predicted molar refractivity (Wildman–Crippen MR) is 54.0 cm³/mol. The molecule has 0 unspecified atom stereocenters. The molecule has 0 rings (SSSR count). The van der Waals surface area contributed by atoms with Crippen molar-refractivity contribution in [3.05, 3.63) is 11.8 Å². The van der Waals surface area contributed by atoms with Gasteiger partial charge in [-0.15, -0.1) is 0 Å². The average molecular weight is 171 g/mol. The van der Waals surface area contributed by atoms with Gasteiger partial charge < -0.3 is 16.0 Å². The Labute approximate surface area is 75.6 Å². The smallest absolute Gasteiger partial charge is 0.0708 e. The molecule has 0 aliphatic carbocycles. The van der Waals surface area contributed by atoms with E-state index in [1.165, 1.54) is 5.70 Å². The van der Waals surface area contributed by atoms with Crippen molar-refractivity contribution in [2.75, 3.05) is 21.1 Å². The first-order valence-electron chi connectivity index (χ1n) is 4.32. The van der Waals surface area contributed by atoms with E-state index in [4.69, 9.17) is 0 Å². The lowest BCUT2D eigenvalue weighted by Gasteiger charge is -2.29. The summed E-state index contributed by atoms with van der Waals surface area (Å²) < 4.78 is 0. The third-order valence-corrected chi connectivity index (χ3v) is 2.32. The fourth-order valence-electron chi connectivity index (χ4n) is 1.02. The van der Waals surface area contributed by atoms with Gasteiger partial charge in [0.15, 0.2) is 0 Å². The van der Waals surface area contributed by atoms with E-state index in [2.05, 4.69) is 29.0 Å². The Morgan fingerprint density at radius 1 is 1.25 bits per heavy atom. The van der Waals surface area contributed by atoms with Crippen LogP contribution in [-0.4, -0.2) is 26.8 Å². The number of hydrogen-bond donors (Lipinski definition) is 3. The van der Waals surface area contributed by atoms with E-state index in [0.717, 1.165) is 6.42 Å². The van der Waals surface area contributed by atoms with Gasteiger partial charge in [0, 0.05) is 19.2 Å². The van der Waals surface area contributed by atoms with Gasteiger partial charge >= 0.3 is 0 Å². The van der Waals surface area contributed by atoms with E-state index < -0.39 is 0 Å². The molecular formula is C9H21N3. The molecule has 72 valence electrons. The van der Waals surface area contributed by atoms with Crippen LogP contribution in [0.2, 0.25) is 0 Å². The molecular weight excluding hydrogens is 150 g/mol. The van der Waals surface area contributed by atoms with Crippen molar-refractivity contribution in [3.63, 3.8) is 0 Å². The molecule has 0 bridgehead atoms. The summed E-state index contributed by atoms with van der Waals surface area (Å²) in [4.78, 5) is 0. The highest BCUT2D eigenvalue weighted by Crippen LogP contribution is 2.09. The number of rotatable bonds is 5. The minimum Gasteiger partial charge on any atom is -0.392 e. The largest absolute Gasteiger partial charge is 0.392 e. The van der Waals surface area contributed by atoms with Gasteiger partial charge in [0.2, 0.25) is 0 Å². The van der Waals surface area contributed by atoms with E-state index in [1.54, 1.807) is 0 Å². The first-order chi connectivity index (χ1) is 5.61. The highest BCUT2D eigenvalue weighted by molar-refractivity contribution is 5.02. The van der Waals surface area contributed by atoms with Crippen LogP contribution in [0.15, 0.2) is 11.8 Å². The molecule has 0 saturated carbocycles. The summed E-state index contributed by atoms with van der Waals surface area (Å²) in [5.41, 5.74) is 1.21. The van der Waals surface area contributed by atoms with Crippen LogP contribution in [0.3, 0.4) is 0 Å². The third-order valence-electron chi connectivity index (χ3n) is 2.32. The highest BCUT2D eigenvalue weighted by Gasteiger charge is 2.19. The van der Waals surface area contributed by atoms with Gasteiger partial charge in [0.05, 0.1) is 5.66 Å². The summed E-state index contributed by atoms with van der Waals surface area (Å²) >= 11 is 0. The maximum atomic E-state index is 3.24. The topological polar surface area (TPSA) is 36.1 Å². The summed E-state index contributed by atoms with van der Waals surface area (Å²) in [6.45, 7) is 4.17. The first-order valence-corrected chi connectivity index (χ1v) is 4.32. The molecule has 3 heteroatoms. The molecule has 0 saturated heterocycles. The van der Waals surface area contributed by atoms with Crippen molar-refractivity contribution in [2.24, 2.45) is 0 Å². The number of allylic oxidation sites excluding steroid dienone is 1. The number of nitrogens with one attached hydrogen (secondary N) is 3. The van der Waals surface area contributed by atoms with Crippen LogP contribution in [0.4, 0.5) is 0 Å². The Morgan fingerprint density at radius 2 is 1.75 bits per heavy atom. The number of hydrogen-bond acceptors (Lipinski definition) is 3. The van der Waals surface area contributed by atoms with Crippen molar-refractivity contribution in [2.45, 2.75) is 25.9 Å². The maximum Gasteiger partial charge on any atom is 0.0708 e. The Bertz CT molecular complexity index is 148. The minimum atomic E-state index is -0.0230. The van der Waals surface area contributed by atoms with Crippen LogP contribution in [-0.2, 0) is 0 Å². The molecule has 0 radical (unpaired) electrons. The van der Waals surface area contributed by atoms with Crippen molar-refractivity contribution < 1.29 is 0 Å². The van der Waals surface area contributed by atoms with Crippen molar-refractivity contribution in [3.8, 4) is 0 Å². The van der Waals surface area contributed by atoms with Crippen LogP contribution in [0.5, 0.6) is 0 Å². The van der Waals surface area contributed by atoms with Crippen LogP contribution < -0.4 is 16.0 Å². The summed E-state index contributed by atoms with van der Waals surface area (Å²) in [5.74, 6) is 0. The van der Waals surface area contributed by atoms with Crippen molar-refractivity contribution >= 4 is 0 Å². The molecule has 0 atom stereocenters. The van der Waals surface area contributed by atoms with E-state index in [9.17, 15) is 0 Å². The van der Waals surface area contributed by atoms with E-state index in [-0.39, 0.29) is 5.66 Å². The molecule has 3 nitrogen and oxygen atoms in total. The second kappa shape index (κ2) is 5.17. The first kappa shape index (κ1) is 11.5. The zero-order valence-electron chi connectivity index (χ0n) is 8.78. The molecule has 3 N–H and O–H groups in total. The Morgan fingerprint density at radius 3 is 2.00 bits per heavy atom. The average Bonchev–Trinajstić information content (AvgIpc) is 2.14. The maximum absolute atomic E-state index is 3.24. The molecule has 0 aliphatic rings. The quantitative estimate of drug-likeness (QED) is 0.532. The molecule has 0 aromatic heterocycles. The molecule has 12 heavy (non-hydrogen) atoms. The van der Waals surface area contributed by atoms with Crippen LogP contribution >= 0.6 is 0 Å². The molecule has 0 fully saturated rings. The van der Waals surface area contributed by atoms with Gasteiger partial charge in [-0.2, -0.15) is 0 Å². The summed E-state index contributed by atoms with van der Waals surface area (Å²) in [5, 5.41) is 9.63. The molecule has 0 amide bonds. The zero-order valence-corrected chi connectivity index (χ0v) is 8.78. The summed E-state index contributed by atoms with van der Waals surface area (Å²) in [6, 6.07) is 0. The van der Waals surface area contributed by atoms with Gasteiger partial charge in [0.1, 0.15) is 0 Å². The fourth-order valence-corrected chi connectivity index (χ4v) is 1.02. The lowest BCUT2D eigenvalue weighted by Crippen LogP contribution is -2.52. The van der Waals surface area contributed by atoms with Crippen LogP contribution in [0.1, 0.15) is 20.3 Å². The Kier molecular flexibility index (Phi) is 4.93. The van der Waals surface area contributed by atoms with Gasteiger partial charge in [-0.3, -0.25) is 0 Å². The highest BCUT2D eigenvalue weighted by atomic mass is 15.2. The fraction of sp³-hybridized carbons (Fsp3) is 0.778. The zero-order chi connectivity index (χ0) is 9.61. The predicted octanol–water partition coefficient (Wildman–Crippen LogP) is 0.655.